The largest absolute Gasteiger partial charge is 0.485 e. The Balaban J connectivity index is 1.36. The van der Waals surface area contributed by atoms with E-state index in [-0.39, 0.29) is 18.3 Å². The number of hydrogen-bond acceptors (Lipinski definition) is 4. The van der Waals surface area contributed by atoms with Gasteiger partial charge in [-0.15, -0.1) is 0 Å². The predicted molar refractivity (Wildman–Crippen MR) is 119 cm³/mol. The Hall–Kier alpha value is -3.80. The number of aromatic nitrogens is 2. The molecule has 0 aliphatic carbocycles. The van der Waals surface area contributed by atoms with Crippen LogP contribution in [0.3, 0.4) is 0 Å². The smallest absolute Gasteiger partial charge is 0.291 e. The summed E-state index contributed by atoms with van der Waals surface area (Å²) in [5.74, 6) is 1.33. The second kappa shape index (κ2) is 8.92. The monoisotopic (exact) mass is 415 g/mol. The van der Waals surface area contributed by atoms with Gasteiger partial charge in [-0.2, -0.15) is 5.10 Å². The highest BCUT2D eigenvalue weighted by Crippen LogP contribution is 2.24. The first-order chi connectivity index (χ1) is 15.0. The van der Waals surface area contributed by atoms with Crippen LogP contribution in [0, 0.1) is 20.8 Å². The van der Waals surface area contributed by atoms with Crippen molar-refractivity contribution in [2.45, 2.75) is 33.9 Å². The first-order valence-corrected chi connectivity index (χ1v) is 10.2. The Morgan fingerprint density at radius 2 is 1.74 bits per heavy atom. The molecule has 2 aromatic heterocycles. The lowest BCUT2D eigenvalue weighted by atomic mass is 10.1. The SMILES string of the molecule is Cc1ccccc1Cn1cc(NC(=O)c2ccc(COc3c(C)cccc3C)o2)cn1. The molecule has 0 atom stereocenters. The van der Waals surface area contributed by atoms with Gasteiger partial charge in [-0.25, -0.2) is 0 Å². The molecule has 0 radical (unpaired) electrons. The zero-order chi connectivity index (χ0) is 21.8. The number of nitrogens with zero attached hydrogens (tertiary/aromatic N) is 2. The first-order valence-electron chi connectivity index (χ1n) is 10.2. The van der Waals surface area contributed by atoms with Crippen molar-refractivity contribution >= 4 is 11.6 Å². The number of furan rings is 1. The first kappa shape index (κ1) is 20.5. The fourth-order valence-corrected chi connectivity index (χ4v) is 3.42. The van der Waals surface area contributed by atoms with Gasteiger partial charge >= 0.3 is 0 Å². The maximum absolute atomic E-state index is 12.5. The minimum Gasteiger partial charge on any atom is -0.485 e. The van der Waals surface area contributed by atoms with Crippen LogP contribution < -0.4 is 10.1 Å². The highest BCUT2D eigenvalue weighted by atomic mass is 16.5. The summed E-state index contributed by atoms with van der Waals surface area (Å²) in [6.45, 7) is 6.97. The number of para-hydroxylation sites is 1. The standard InChI is InChI=1S/C25H25N3O3/c1-17-7-4-5-10-20(17)14-28-15-21(13-26-28)27-25(29)23-12-11-22(31-23)16-30-24-18(2)8-6-9-19(24)3/h4-13,15H,14,16H2,1-3H3,(H,27,29). The van der Waals surface area contributed by atoms with Gasteiger partial charge in [0.1, 0.15) is 18.1 Å². The molecule has 2 heterocycles. The molecule has 0 aliphatic heterocycles. The minimum atomic E-state index is -0.325. The van der Waals surface area contributed by atoms with Crippen LogP contribution in [0.15, 0.2) is 71.4 Å². The summed E-state index contributed by atoms with van der Waals surface area (Å²) in [5.41, 5.74) is 5.13. The lowest BCUT2D eigenvalue weighted by molar-refractivity contribution is 0.0992. The van der Waals surface area contributed by atoms with Gasteiger partial charge < -0.3 is 14.5 Å². The second-order valence-corrected chi connectivity index (χ2v) is 7.58. The van der Waals surface area contributed by atoms with Crippen molar-refractivity contribution in [3.8, 4) is 5.75 Å². The van der Waals surface area contributed by atoms with Gasteiger partial charge in [0.05, 0.1) is 18.4 Å². The number of nitrogens with one attached hydrogen (secondary N) is 1. The summed E-state index contributed by atoms with van der Waals surface area (Å²) >= 11 is 0. The van der Waals surface area contributed by atoms with Gasteiger partial charge in [0, 0.05) is 6.20 Å². The summed E-state index contributed by atoms with van der Waals surface area (Å²) in [6, 6.07) is 17.6. The molecular weight excluding hydrogens is 390 g/mol. The van der Waals surface area contributed by atoms with Crippen LogP contribution in [0.25, 0.3) is 0 Å². The molecule has 4 rings (SSSR count). The van der Waals surface area contributed by atoms with E-state index < -0.39 is 0 Å². The van der Waals surface area contributed by atoms with Gasteiger partial charge in [0.2, 0.25) is 0 Å². The molecule has 2 aromatic carbocycles. The van der Waals surface area contributed by atoms with E-state index in [9.17, 15) is 4.79 Å². The zero-order valence-corrected chi connectivity index (χ0v) is 17.9. The predicted octanol–water partition coefficient (Wildman–Crippen LogP) is 5.28. The fraction of sp³-hybridized carbons (Fsp3) is 0.200. The van der Waals surface area contributed by atoms with Gasteiger partial charge in [0.15, 0.2) is 5.76 Å². The fourth-order valence-electron chi connectivity index (χ4n) is 3.42. The summed E-state index contributed by atoms with van der Waals surface area (Å²) in [5, 5.41) is 7.16. The number of ether oxygens (including phenoxy) is 1. The second-order valence-electron chi connectivity index (χ2n) is 7.58. The summed E-state index contributed by atoms with van der Waals surface area (Å²) < 4.78 is 13.4. The van der Waals surface area contributed by atoms with E-state index in [1.165, 1.54) is 11.1 Å². The molecule has 6 heteroatoms. The van der Waals surface area contributed by atoms with E-state index >= 15 is 0 Å². The molecule has 31 heavy (non-hydrogen) atoms. The number of rotatable bonds is 7. The maximum atomic E-state index is 12.5. The number of anilines is 1. The van der Waals surface area contributed by atoms with E-state index in [0.717, 1.165) is 16.9 Å². The minimum absolute atomic E-state index is 0.228. The molecule has 0 fully saturated rings. The third kappa shape index (κ3) is 4.86. The molecule has 0 saturated carbocycles. The van der Waals surface area contributed by atoms with Crippen LogP contribution >= 0.6 is 0 Å². The highest BCUT2D eigenvalue weighted by Gasteiger charge is 2.14. The summed E-state index contributed by atoms with van der Waals surface area (Å²) in [7, 11) is 0. The average Bonchev–Trinajstić information content (AvgIpc) is 3.39. The molecule has 0 unspecified atom stereocenters. The number of benzene rings is 2. The molecule has 1 amide bonds. The van der Waals surface area contributed by atoms with Crippen LogP contribution in [0.1, 0.15) is 38.6 Å². The van der Waals surface area contributed by atoms with Crippen molar-refractivity contribution < 1.29 is 13.9 Å². The maximum Gasteiger partial charge on any atom is 0.291 e. The van der Waals surface area contributed by atoms with Gasteiger partial charge in [-0.3, -0.25) is 9.48 Å². The number of carbonyl (C=O) groups is 1. The third-order valence-electron chi connectivity index (χ3n) is 5.14. The highest BCUT2D eigenvalue weighted by molar-refractivity contribution is 6.02. The zero-order valence-electron chi connectivity index (χ0n) is 17.9. The molecule has 0 bridgehead atoms. The van der Waals surface area contributed by atoms with Crippen LogP contribution in [0.4, 0.5) is 5.69 Å². The van der Waals surface area contributed by atoms with Crippen molar-refractivity contribution in [2.75, 3.05) is 5.32 Å². The molecule has 0 aliphatic rings. The quantitative estimate of drug-likeness (QED) is 0.446. The number of hydrogen-bond donors (Lipinski definition) is 1. The normalized spacial score (nSPS) is 10.8. The molecule has 1 N–H and O–H groups in total. The summed E-state index contributed by atoms with van der Waals surface area (Å²) in [4.78, 5) is 12.5. The molecule has 0 spiro atoms. The van der Waals surface area contributed by atoms with E-state index in [2.05, 4.69) is 29.5 Å². The van der Waals surface area contributed by atoms with Gasteiger partial charge in [0.25, 0.3) is 5.91 Å². The van der Waals surface area contributed by atoms with E-state index in [1.54, 1.807) is 29.2 Å². The molecule has 4 aromatic rings. The Bertz CT molecular complexity index is 1190. The number of aryl methyl sites for hydroxylation is 3. The van der Waals surface area contributed by atoms with Crippen LogP contribution in [-0.4, -0.2) is 15.7 Å². The van der Waals surface area contributed by atoms with Crippen molar-refractivity contribution in [1.29, 1.82) is 0 Å². The molecular formula is C25H25N3O3. The Morgan fingerprint density at radius 1 is 1.00 bits per heavy atom. The summed E-state index contributed by atoms with van der Waals surface area (Å²) in [6.07, 6.45) is 3.43. The van der Waals surface area contributed by atoms with Crippen molar-refractivity contribution in [3.05, 3.63) is 101 Å². The number of amides is 1. The van der Waals surface area contributed by atoms with Crippen LogP contribution in [0.5, 0.6) is 5.75 Å². The molecule has 6 nitrogen and oxygen atoms in total. The van der Waals surface area contributed by atoms with E-state index in [4.69, 9.17) is 9.15 Å². The Morgan fingerprint density at radius 3 is 2.52 bits per heavy atom. The Labute approximate surface area is 181 Å². The van der Waals surface area contributed by atoms with E-state index in [1.807, 2.05) is 44.2 Å². The van der Waals surface area contributed by atoms with Crippen LogP contribution in [0.2, 0.25) is 0 Å². The van der Waals surface area contributed by atoms with Gasteiger partial charge in [-0.05, 0) is 55.2 Å². The van der Waals surface area contributed by atoms with Crippen molar-refractivity contribution in [2.24, 2.45) is 0 Å². The third-order valence-corrected chi connectivity index (χ3v) is 5.14. The van der Waals surface area contributed by atoms with E-state index in [0.29, 0.717) is 18.0 Å². The van der Waals surface area contributed by atoms with Crippen molar-refractivity contribution in [3.63, 3.8) is 0 Å². The van der Waals surface area contributed by atoms with Gasteiger partial charge in [-0.1, -0.05) is 42.5 Å². The topological polar surface area (TPSA) is 69.3 Å². The Kier molecular flexibility index (Phi) is 5.89. The number of carbonyl (C=O) groups excluding carboxylic acids is 1. The average molecular weight is 415 g/mol. The molecule has 158 valence electrons. The lowest BCUT2D eigenvalue weighted by Crippen LogP contribution is -2.10. The van der Waals surface area contributed by atoms with Crippen LogP contribution in [-0.2, 0) is 13.2 Å². The molecule has 0 saturated heterocycles. The lowest BCUT2D eigenvalue weighted by Gasteiger charge is -2.10. The van der Waals surface area contributed by atoms with Crippen molar-refractivity contribution in [1.82, 2.24) is 9.78 Å².